The van der Waals surface area contributed by atoms with Crippen LogP contribution >= 0.6 is 0 Å². The molecule has 1 aliphatic heterocycles. The van der Waals surface area contributed by atoms with Crippen LogP contribution in [-0.2, 0) is 9.53 Å². The third-order valence-corrected chi connectivity index (χ3v) is 4.22. The van der Waals surface area contributed by atoms with Crippen molar-refractivity contribution in [1.29, 1.82) is 0 Å². The van der Waals surface area contributed by atoms with Crippen molar-refractivity contribution in [2.75, 3.05) is 46.5 Å². The number of likely N-dealkylation sites (N-methyl/N-ethyl adjacent to an activating group) is 1. The van der Waals surface area contributed by atoms with E-state index < -0.39 is 0 Å². The molecule has 1 aliphatic carbocycles. The maximum atomic E-state index is 12.7. The Hall–Kier alpha value is -1.97. The van der Waals surface area contributed by atoms with Crippen molar-refractivity contribution in [2.45, 2.75) is 24.8 Å². The van der Waals surface area contributed by atoms with E-state index in [1.165, 1.54) is 0 Å². The molecule has 1 unspecified atom stereocenters. The normalized spacial score (nSPS) is 20.1. The number of morpholine rings is 1. The number of aliphatic hydroxyl groups is 1. The summed E-state index contributed by atoms with van der Waals surface area (Å²) in [6, 6.07) is 1.75. The van der Waals surface area contributed by atoms with Gasteiger partial charge in [0.1, 0.15) is 5.76 Å². The highest BCUT2D eigenvalue weighted by atomic mass is 16.5. The number of ether oxygens (including phenoxy) is 1. The Bertz CT molecular complexity index is 560. The van der Waals surface area contributed by atoms with E-state index in [2.05, 4.69) is 5.16 Å². The second-order valence-electron chi connectivity index (χ2n) is 6.21. The molecule has 1 aromatic rings. The van der Waals surface area contributed by atoms with Crippen molar-refractivity contribution in [2.24, 2.45) is 0 Å². The van der Waals surface area contributed by atoms with Gasteiger partial charge in [-0.3, -0.25) is 9.59 Å². The highest BCUT2D eigenvalue weighted by Crippen LogP contribution is 2.40. The van der Waals surface area contributed by atoms with Gasteiger partial charge in [0.05, 0.1) is 25.9 Å². The van der Waals surface area contributed by atoms with Gasteiger partial charge in [-0.05, 0) is 19.9 Å². The minimum Gasteiger partial charge on any atom is -0.483 e. The average Bonchev–Trinajstić information content (AvgIpc) is 3.33. The molecule has 1 atom stereocenters. The lowest BCUT2D eigenvalue weighted by Crippen LogP contribution is -2.53. The third kappa shape index (κ3) is 5.52. The number of nitrogens with zero attached hydrogens (tertiary/aromatic N) is 3. The molecular formula is C16H25N3O6. The van der Waals surface area contributed by atoms with Gasteiger partial charge in [-0.1, -0.05) is 5.16 Å². The summed E-state index contributed by atoms with van der Waals surface area (Å²) < 4.78 is 10.8. The highest BCUT2D eigenvalue weighted by molar-refractivity contribution is 5.92. The Kier molecular flexibility index (Phi) is 7.35. The van der Waals surface area contributed by atoms with Crippen molar-refractivity contribution in [1.82, 2.24) is 15.0 Å². The first kappa shape index (κ1) is 19.4. The summed E-state index contributed by atoms with van der Waals surface area (Å²) >= 11 is 0. The van der Waals surface area contributed by atoms with E-state index in [-0.39, 0.29) is 25.0 Å². The number of hydrogen-bond acceptors (Lipinski definition) is 7. The van der Waals surface area contributed by atoms with Crippen molar-refractivity contribution in [3.63, 3.8) is 0 Å². The molecule has 2 N–H and O–H groups in total. The molecule has 25 heavy (non-hydrogen) atoms. The predicted octanol–water partition coefficient (Wildman–Crippen LogP) is 0.0179. The fraction of sp³-hybridized carbons (Fsp3) is 0.688. The van der Waals surface area contributed by atoms with E-state index in [4.69, 9.17) is 24.3 Å². The third-order valence-electron chi connectivity index (χ3n) is 4.22. The smallest absolute Gasteiger partial charge is 0.290 e. The maximum absolute atomic E-state index is 12.7. The number of carbonyl (C=O) groups is 2. The van der Waals surface area contributed by atoms with Crippen molar-refractivity contribution >= 4 is 12.4 Å². The fourth-order valence-corrected chi connectivity index (χ4v) is 2.79. The highest BCUT2D eigenvalue weighted by Gasteiger charge is 2.33. The van der Waals surface area contributed by atoms with E-state index in [1.54, 1.807) is 6.07 Å². The first-order valence-electron chi connectivity index (χ1n) is 8.33. The molecular weight excluding hydrogens is 330 g/mol. The molecule has 0 bridgehead atoms. The molecule has 140 valence electrons. The van der Waals surface area contributed by atoms with Crippen molar-refractivity contribution < 1.29 is 29.1 Å². The topological polar surface area (TPSA) is 116 Å². The zero-order valence-electron chi connectivity index (χ0n) is 14.3. The lowest BCUT2D eigenvalue weighted by Gasteiger charge is -2.37. The van der Waals surface area contributed by atoms with Gasteiger partial charge in [0.25, 0.3) is 12.4 Å². The molecule has 0 radical (unpaired) electrons. The predicted molar refractivity (Wildman–Crippen MR) is 87.4 cm³/mol. The van der Waals surface area contributed by atoms with E-state index in [0.29, 0.717) is 44.5 Å². The molecule has 0 spiro atoms. The Labute approximate surface area is 146 Å². The van der Waals surface area contributed by atoms with Gasteiger partial charge in [-0.25, -0.2) is 0 Å². The molecule has 2 aliphatic rings. The number of amides is 1. The second-order valence-corrected chi connectivity index (χ2v) is 6.21. The van der Waals surface area contributed by atoms with Gasteiger partial charge in [-0.15, -0.1) is 0 Å². The molecule has 2 fully saturated rings. The largest absolute Gasteiger partial charge is 0.483 e. The van der Waals surface area contributed by atoms with Crippen LogP contribution in [0.5, 0.6) is 0 Å². The van der Waals surface area contributed by atoms with Crippen LogP contribution in [0.3, 0.4) is 0 Å². The molecule has 1 saturated heterocycles. The molecule has 9 nitrogen and oxygen atoms in total. The summed E-state index contributed by atoms with van der Waals surface area (Å²) in [7, 11) is 1.93. The number of hydrogen-bond donors (Lipinski definition) is 2. The van der Waals surface area contributed by atoms with Crippen LogP contribution in [0, 0.1) is 0 Å². The summed E-state index contributed by atoms with van der Waals surface area (Å²) in [4.78, 5) is 24.9. The zero-order chi connectivity index (χ0) is 18.2. The van der Waals surface area contributed by atoms with E-state index in [0.717, 1.165) is 18.6 Å². The summed E-state index contributed by atoms with van der Waals surface area (Å²) in [5.41, 5.74) is 0.388. The van der Waals surface area contributed by atoms with Crippen LogP contribution in [0.15, 0.2) is 10.6 Å². The van der Waals surface area contributed by atoms with Crippen LogP contribution < -0.4 is 0 Å². The van der Waals surface area contributed by atoms with Crippen LogP contribution in [0.25, 0.3) is 0 Å². The van der Waals surface area contributed by atoms with Gasteiger partial charge in [0, 0.05) is 31.6 Å². The van der Waals surface area contributed by atoms with Crippen molar-refractivity contribution in [3.05, 3.63) is 17.5 Å². The molecule has 1 aromatic heterocycles. The van der Waals surface area contributed by atoms with Gasteiger partial charge in [0.2, 0.25) is 0 Å². The van der Waals surface area contributed by atoms with E-state index in [9.17, 15) is 4.79 Å². The Morgan fingerprint density at radius 1 is 1.52 bits per heavy atom. The molecule has 0 aromatic carbocycles. The molecule has 3 rings (SSSR count). The Morgan fingerprint density at radius 2 is 2.24 bits per heavy atom. The van der Waals surface area contributed by atoms with Gasteiger partial charge in [0.15, 0.2) is 5.69 Å². The van der Waals surface area contributed by atoms with Crippen LogP contribution in [-0.4, -0.2) is 90.1 Å². The number of aliphatic hydroxyl groups excluding tert-OH is 1. The first-order valence-corrected chi connectivity index (χ1v) is 8.33. The van der Waals surface area contributed by atoms with Gasteiger partial charge < -0.3 is 29.3 Å². The van der Waals surface area contributed by atoms with Crippen LogP contribution in [0.2, 0.25) is 0 Å². The summed E-state index contributed by atoms with van der Waals surface area (Å²) in [5.74, 6) is 1.18. The molecule has 1 amide bonds. The Morgan fingerprint density at radius 3 is 2.88 bits per heavy atom. The lowest BCUT2D eigenvalue weighted by molar-refractivity contribution is -0.122. The summed E-state index contributed by atoms with van der Waals surface area (Å²) in [6.45, 7) is 2.70. The van der Waals surface area contributed by atoms with E-state index in [1.807, 2.05) is 16.8 Å². The molecule has 9 heteroatoms. The van der Waals surface area contributed by atoms with Gasteiger partial charge >= 0.3 is 0 Å². The second kappa shape index (κ2) is 9.50. The van der Waals surface area contributed by atoms with E-state index >= 15 is 0 Å². The van der Waals surface area contributed by atoms with Crippen LogP contribution in [0.1, 0.15) is 35.0 Å². The number of carboxylic acid groups (broad SMARTS) is 1. The summed E-state index contributed by atoms with van der Waals surface area (Å²) in [6.07, 6.45) is 2.24. The first-order chi connectivity index (χ1) is 12.1. The lowest BCUT2D eigenvalue weighted by atomic mass is 10.2. The van der Waals surface area contributed by atoms with Crippen molar-refractivity contribution in [3.8, 4) is 0 Å². The monoisotopic (exact) mass is 355 g/mol. The standard InChI is InChI=1S/C15H23N3O4.CH2O2/c1-17(4-6-19)9-12-10-21-7-5-18(12)15(20)13-8-14(22-16-13)11-2-3-11;2-1-3/h8,11-12,19H,2-7,9-10H2,1H3;1H,(H,2,3). The quantitative estimate of drug-likeness (QED) is 0.686. The minimum atomic E-state index is -0.250. The fourth-order valence-electron chi connectivity index (χ4n) is 2.79. The number of rotatable bonds is 6. The zero-order valence-corrected chi connectivity index (χ0v) is 14.3. The van der Waals surface area contributed by atoms with Crippen LogP contribution in [0.4, 0.5) is 0 Å². The SMILES string of the molecule is CN(CCO)CC1COCCN1C(=O)c1cc(C2CC2)on1.O=CO. The number of carbonyl (C=O) groups excluding carboxylic acids is 1. The van der Waals surface area contributed by atoms with Gasteiger partial charge in [-0.2, -0.15) is 0 Å². The maximum Gasteiger partial charge on any atom is 0.290 e. The average molecular weight is 355 g/mol. The molecule has 1 saturated carbocycles. The number of aromatic nitrogens is 1. The molecule has 2 heterocycles. The summed E-state index contributed by atoms with van der Waals surface area (Å²) in [5, 5.41) is 19.8. The Balaban J connectivity index is 0.000000701. The minimum absolute atomic E-state index is 0.0288.